The van der Waals surface area contributed by atoms with Crippen LogP contribution in [0, 0.1) is 0 Å². The smallest absolute Gasteiger partial charge is 0.229 e. The lowest BCUT2D eigenvalue weighted by atomic mass is 10.0. The van der Waals surface area contributed by atoms with E-state index in [0.29, 0.717) is 35.2 Å². The molecule has 3 heterocycles. The number of halogens is 1. The Hall–Kier alpha value is -2.65. The van der Waals surface area contributed by atoms with Crippen LogP contribution in [-0.2, 0) is 20.5 Å². The van der Waals surface area contributed by atoms with Crippen LogP contribution in [0.1, 0.15) is 25.3 Å². The van der Waals surface area contributed by atoms with Gasteiger partial charge >= 0.3 is 0 Å². The van der Waals surface area contributed by atoms with Crippen molar-refractivity contribution in [2.24, 2.45) is 0 Å². The second-order valence-electron chi connectivity index (χ2n) is 10.1. The molecule has 0 atom stereocenters. The number of nitrogens with zero attached hydrogens (tertiary/aromatic N) is 3. The van der Waals surface area contributed by atoms with E-state index in [1.165, 1.54) is 5.56 Å². The van der Waals surface area contributed by atoms with Crippen LogP contribution in [0.4, 0.5) is 28.8 Å². The van der Waals surface area contributed by atoms with Crippen molar-refractivity contribution in [2.75, 3.05) is 62.3 Å². The van der Waals surface area contributed by atoms with E-state index in [-0.39, 0.29) is 0 Å². The first-order valence-electron chi connectivity index (χ1n) is 13.2. The zero-order valence-electron chi connectivity index (χ0n) is 22.8. The first-order chi connectivity index (χ1) is 18.7. The molecule has 3 aromatic rings. The second kappa shape index (κ2) is 11.5. The average molecular weight is 616 g/mol. The van der Waals surface area contributed by atoms with Crippen molar-refractivity contribution in [1.82, 2.24) is 9.97 Å². The molecule has 1 spiro atoms. The Labute approximate surface area is 238 Å². The van der Waals surface area contributed by atoms with Gasteiger partial charge in [0.15, 0.2) is 5.79 Å². The van der Waals surface area contributed by atoms with Crippen molar-refractivity contribution in [3.05, 3.63) is 52.6 Å². The molecular weight excluding hydrogens is 581 g/mol. The van der Waals surface area contributed by atoms with Crippen molar-refractivity contribution in [2.45, 2.75) is 32.0 Å². The maximum absolute atomic E-state index is 12.8. The number of ether oxygens (including phenoxy) is 3. The second-order valence-corrected chi connectivity index (χ2v) is 14.2. The SMILES string of the molecule is CCc1cc(Nc2ncc(Br)c(Nc3ccccc3P(C)(C)=O)n2)c(OC)cc1N1CCC2(CC1)OCCO2. The van der Waals surface area contributed by atoms with E-state index < -0.39 is 12.9 Å². The molecule has 0 bridgehead atoms. The fraction of sp³-hybridized carbons (Fsp3) is 0.429. The lowest BCUT2D eigenvalue weighted by molar-refractivity contribution is -0.169. The third-order valence-electron chi connectivity index (χ3n) is 7.19. The van der Waals surface area contributed by atoms with Crippen molar-refractivity contribution in [3.63, 3.8) is 0 Å². The number of methoxy groups -OCH3 is 1. The summed E-state index contributed by atoms with van der Waals surface area (Å²) in [5, 5.41) is 7.44. The van der Waals surface area contributed by atoms with Crippen LogP contribution in [0.3, 0.4) is 0 Å². The first-order valence-corrected chi connectivity index (χ1v) is 16.6. The number of aryl methyl sites for hydroxylation is 1. The number of anilines is 5. The van der Waals surface area contributed by atoms with Crippen LogP contribution in [0.5, 0.6) is 5.75 Å². The first kappa shape index (κ1) is 27.9. The number of hydrogen-bond acceptors (Lipinski definition) is 9. The number of rotatable bonds is 8. The number of benzene rings is 2. The van der Waals surface area contributed by atoms with Gasteiger partial charge < -0.3 is 34.3 Å². The van der Waals surface area contributed by atoms with Gasteiger partial charge in [0.25, 0.3) is 0 Å². The Kier molecular flexibility index (Phi) is 8.19. The van der Waals surface area contributed by atoms with E-state index in [9.17, 15) is 4.57 Å². The molecule has 2 N–H and O–H groups in total. The molecule has 208 valence electrons. The number of piperidine rings is 1. The number of nitrogens with one attached hydrogen (secondary N) is 2. The summed E-state index contributed by atoms with van der Waals surface area (Å²) in [5.74, 6) is 1.28. The number of para-hydroxylation sites is 1. The van der Waals surface area contributed by atoms with Crippen LogP contribution >= 0.6 is 23.1 Å². The van der Waals surface area contributed by atoms with E-state index >= 15 is 0 Å². The van der Waals surface area contributed by atoms with E-state index in [1.807, 2.05) is 24.3 Å². The van der Waals surface area contributed by atoms with Gasteiger partial charge in [-0.05, 0) is 59.4 Å². The predicted octanol–water partition coefficient (Wildman–Crippen LogP) is 5.89. The van der Waals surface area contributed by atoms with Gasteiger partial charge in [0.1, 0.15) is 18.7 Å². The minimum Gasteiger partial charge on any atom is -0.494 e. The monoisotopic (exact) mass is 615 g/mol. The summed E-state index contributed by atoms with van der Waals surface area (Å²) in [6.45, 7) is 8.74. The Morgan fingerprint density at radius 1 is 1.10 bits per heavy atom. The minimum absolute atomic E-state index is 0.412. The van der Waals surface area contributed by atoms with Crippen molar-refractivity contribution in [3.8, 4) is 5.75 Å². The summed E-state index contributed by atoms with van der Waals surface area (Å²) >= 11 is 3.54. The molecule has 2 aliphatic heterocycles. The number of hydrogen-bond donors (Lipinski definition) is 2. The maximum atomic E-state index is 12.8. The van der Waals surface area contributed by atoms with Gasteiger partial charge in [0, 0.05) is 49.2 Å². The van der Waals surface area contributed by atoms with Crippen LogP contribution in [-0.4, -0.2) is 62.5 Å². The molecule has 2 aliphatic rings. The summed E-state index contributed by atoms with van der Waals surface area (Å²) in [4.78, 5) is 11.6. The third kappa shape index (κ3) is 6.09. The van der Waals surface area contributed by atoms with Crippen LogP contribution in [0.25, 0.3) is 0 Å². The molecule has 0 radical (unpaired) electrons. The molecule has 5 rings (SSSR count). The van der Waals surface area contributed by atoms with Crippen molar-refractivity contribution in [1.29, 1.82) is 0 Å². The van der Waals surface area contributed by atoms with Crippen molar-refractivity contribution < 1.29 is 18.8 Å². The van der Waals surface area contributed by atoms with Gasteiger partial charge in [-0.25, -0.2) is 4.98 Å². The van der Waals surface area contributed by atoms with Crippen LogP contribution in [0.2, 0.25) is 0 Å². The standard InChI is InChI=1S/C28H35BrN5O4P/c1-5-19-16-22(24(36-2)17-23(19)34-12-10-28(11-13-34)37-14-15-38-28)32-27-30-18-20(29)26(33-27)31-21-8-6-7-9-25(21)39(3,4)35/h6-9,16-18H,5,10-15H2,1-4H3,(H2,30,31,32,33). The summed E-state index contributed by atoms with van der Waals surface area (Å²) in [6.07, 6.45) is 4.24. The van der Waals surface area contributed by atoms with Crippen molar-refractivity contribution >= 4 is 57.2 Å². The highest BCUT2D eigenvalue weighted by atomic mass is 79.9. The van der Waals surface area contributed by atoms with Crippen LogP contribution < -0.4 is 25.6 Å². The molecule has 0 saturated carbocycles. The Balaban J connectivity index is 1.39. The minimum atomic E-state index is -2.49. The lowest BCUT2D eigenvalue weighted by Crippen LogP contribution is -2.45. The number of aromatic nitrogens is 2. The highest BCUT2D eigenvalue weighted by Crippen LogP contribution is 2.40. The molecule has 11 heteroatoms. The zero-order valence-corrected chi connectivity index (χ0v) is 25.3. The summed E-state index contributed by atoms with van der Waals surface area (Å²) in [5.41, 5.74) is 3.90. The van der Waals surface area contributed by atoms with Gasteiger partial charge in [-0.1, -0.05) is 19.1 Å². The molecule has 0 unspecified atom stereocenters. The van der Waals surface area contributed by atoms with Gasteiger partial charge in [-0.15, -0.1) is 0 Å². The normalized spacial score (nSPS) is 16.9. The molecule has 1 aromatic heterocycles. The summed E-state index contributed by atoms with van der Waals surface area (Å²) in [7, 11) is -0.822. The van der Waals surface area contributed by atoms with Gasteiger partial charge in [-0.3, -0.25) is 0 Å². The lowest BCUT2D eigenvalue weighted by Gasteiger charge is -2.39. The largest absolute Gasteiger partial charge is 0.494 e. The average Bonchev–Trinajstić information content (AvgIpc) is 3.38. The van der Waals surface area contributed by atoms with Gasteiger partial charge in [0.2, 0.25) is 5.95 Å². The summed E-state index contributed by atoms with van der Waals surface area (Å²) in [6, 6.07) is 11.8. The Morgan fingerprint density at radius 3 is 2.49 bits per heavy atom. The zero-order chi connectivity index (χ0) is 27.6. The molecule has 9 nitrogen and oxygen atoms in total. The molecule has 0 amide bonds. The van der Waals surface area contributed by atoms with E-state index in [0.717, 1.165) is 54.7 Å². The van der Waals surface area contributed by atoms with E-state index in [1.54, 1.807) is 26.6 Å². The fourth-order valence-corrected chi connectivity index (χ4v) is 6.59. The Morgan fingerprint density at radius 2 is 1.82 bits per heavy atom. The Bertz CT molecular complexity index is 1380. The topological polar surface area (TPSA) is 97.8 Å². The molecule has 2 fully saturated rings. The van der Waals surface area contributed by atoms with Crippen LogP contribution in [0.15, 0.2) is 47.1 Å². The maximum Gasteiger partial charge on any atom is 0.229 e. The molecule has 2 saturated heterocycles. The van der Waals surface area contributed by atoms with E-state index in [4.69, 9.17) is 19.2 Å². The highest BCUT2D eigenvalue weighted by Gasteiger charge is 2.40. The predicted molar refractivity (Wildman–Crippen MR) is 160 cm³/mol. The van der Waals surface area contributed by atoms with E-state index in [2.05, 4.69) is 55.5 Å². The fourth-order valence-electron chi connectivity index (χ4n) is 5.14. The summed E-state index contributed by atoms with van der Waals surface area (Å²) < 4.78 is 31.1. The van der Waals surface area contributed by atoms with Gasteiger partial charge in [-0.2, -0.15) is 4.98 Å². The molecule has 2 aromatic carbocycles. The van der Waals surface area contributed by atoms with Gasteiger partial charge in [0.05, 0.1) is 36.2 Å². The molecule has 39 heavy (non-hydrogen) atoms. The quantitative estimate of drug-likeness (QED) is 0.301. The highest BCUT2D eigenvalue weighted by molar-refractivity contribution is 9.10. The molecule has 0 aliphatic carbocycles. The third-order valence-corrected chi connectivity index (χ3v) is 9.32. The molecular formula is C28H35BrN5O4P.